The molecule has 0 radical (unpaired) electrons. The predicted molar refractivity (Wildman–Crippen MR) is 239 cm³/mol. The number of ether oxygens (including phenoxy) is 1. The summed E-state index contributed by atoms with van der Waals surface area (Å²) in [5.74, 6) is 3.57. The maximum absolute atomic E-state index is 6.66. The molecule has 1 spiro atoms. The molecule has 0 atom stereocenters. The Morgan fingerprint density at radius 3 is 1.63 bits per heavy atom. The van der Waals surface area contributed by atoms with E-state index < -0.39 is 10.8 Å². The summed E-state index contributed by atoms with van der Waals surface area (Å²) in [7, 11) is 0. The van der Waals surface area contributed by atoms with Gasteiger partial charge in [0.2, 0.25) is 0 Å². The Morgan fingerprint density at radius 1 is 0.383 bits per heavy atom. The second-order valence-electron chi connectivity index (χ2n) is 16.3. The molecule has 0 amide bonds. The first-order valence-electron chi connectivity index (χ1n) is 20.4. The first kappa shape index (κ1) is 34.4. The van der Waals surface area contributed by atoms with Gasteiger partial charge in [-0.15, -0.1) is 0 Å². The molecule has 0 unspecified atom stereocenters. The van der Waals surface area contributed by atoms with Gasteiger partial charge in [0.15, 0.2) is 17.5 Å². The molecule has 0 bridgehead atoms. The highest BCUT2D eigenvalue weighted by atomic mass is 16.5. The molecule has 12 rings (SSSR count). The zero-order valence-electron chi connectivity index (χ0n) is 33.1. The molecule has 2 aliphatic rings. The fraction of sp³-hybridized carbons (Fsp3) is 0.0727. The number of benzene rings is 8. The first-order chi connectivity index (χ1) is 29.5. The van der Waals surface area contributed by atoms with Crippen molar-refractivity contribution in [2.24, 2.45) is 0 Å². The largest absolute Gasteiger partial charge is 0.457 e. The molecule has 5 heteroatoms. The summed E-state index contributed by atoms with van der Waals surface area (Å²) >= 11 is 0. The fourth-order valence-electron chi connectivity index (χ4n) is 10.0. The van der Waals surface area contributed by atoms with Crippen LogP contribution in [0.5, 0.6) is 11.5 Å². The van der Waals surface area contributed by atoms with Crippen molar-refractivity contribution < 1.29 is 9.15 Å². The highest BCUT2D eigenvalue weighted by Gasteiger charge is 2.53. The maximum Gasteiger partial charge on any atom is 0.164 e. The van der Waals surface area contributed by atoms with E-state index in [1.165, 1.54) is 22.3 Å². The third kappa shape index (κ3) is 4.89. The van der Waals surface area contributed by atoms with Gasteiger partial charge in [-0.3, -0.25) is 0 Å². The second-order valence-corrected chi connectivity index (χ2v) is 16.3. The number of fused-ring (bicyclic) bond motifs is 11. The van der Waals surface area contributed by atoms with Gasteiger partial charge in [-0.1, -0.05) is 184 Å². The highest BCUT2D eigenvalue weighted by Crippen LogP contribution is 2.62. The summed E-state index contributed by atoms with van der Waals surface area (Å²) in [6.07, 6.45) is 0. The molecule has 0 saturated carbocycles. The van der Waals surface area contributed by atoms with Gasteiger partial charge in [-0.2, -0.15) is 0 Å². The molecule has 284 valence electrons. The molecule has 0 N–H and O–H groups in total. The van der Waals surface area contributed by atoms with Crippen molar-refractivity contribution in [1.82, 2.24) is 15.0 Å². The van der Waals surface area contributed by atoms with Crippen molar-refractivity contribution in [2.45, 2.75) is 24.7 Å². The minimum atomic E-state index is -0.653. The first-order valence-corrected chi connectivity index (χ1v) is 20.4. The lowest BCUT2D eigenvalue weighted by Crippen LogP contribution is -2.43. The zero-order valence-corrected chi connectivity index (χ0v) is 33.1. The minimum absolute atomic E-state index is 0.422. The summed E-state index contributed by atoms with van der Waals surface area (Å²) in [5, 5.41) is 2.22. The van der Waals surface area contributed by atoms with Gasteiger partial charge in [0, 0.05) is 49.6 Å². The Labute approximate surface area is 347 Å². The van der Waals surface area contributed by atoms with Crippen LogP contribution < -0.4 is 4.74 Å². The van der Waals surface area contributed by atoms with E-state index in [9.17, 15) is 0 Å². The second kappa shape index (κ2) is 12.9. The van der Waals surface area contributed by atoms with Crippen LogP contribution in [0.2, 0.25) is 0 Å². The van der Waals surface area contributed by atoms with E-state index in [0.29, 0.717) is 17.5 Å². The van der Waals surface area contributed by atoms with Gasteiger partial charge in [0.25, 0.3) is 0 Å². The van der Waals surface area contributed by atoms with Crippen molar-refractivity contribution in [3.8, 4) is 56.8 Å². The van der Waals surface area contributed by atoms with Crippen molar-refractivity contribution in [2.75, 3.05) is 0 Å². The quantitative estimate of drug-likeness (QED) is 0.178. The molecular formula is C55H37N3O2. The third-order valence-electron chi connectivity index (χ3n) is 12.7. The van der Waals surface area contributed by atoms with Gasteiger partial charge in [-0.25, -0.2) is 15.0 Å². The van der Waals surface area contributed by atoms with Gasteiger partial charge in [0.05, 0.1) is 5.41 Å². The molecular weight excluding hydrogens is 735 g/mol. The molecule has 60 heavy (non-hydrogen) atoms. The topological polar surface area (TPSA) is 61.0 Å². The Balaban J connectivity index is 1.08. The van der Waals surface area contributed by atoms with Crippen LogP contribution in [0, 0.1) is 0 Å². The number of rotatable bonds is 4. The Bertz CT molecular complexity index is 3280. The van der Waals surface area contributed by atoms with E-state index >= 15 is 0 Å². The monoisotopic (exact) mass is 771 g/mol. The summed E-state index contributed by atoms with van der Waals surface area (Å²) in [6.45, 7) is 4.67. The Hall–Kier alpha value is -7.63. The average Bonchev–Trinajstić information content (AvgIpc) is 3.70. The molecule has 1 aliphatic heterocycles. The lowest BCUT2D eigenvalue weighted by atomic mass is 9.53. The van der Waals surface area contributed by atoms with Gasteiger partial charge in [-0.05, 0) is 46.0 Å². The number of aromatic nitrogens is 3. The van der Waals surface area contributed by atoms with Crippen molar-refractivity contribution in [1.29, 1.82) is 0 Å². The van der Waals surface area contributed by atoms with Gasteiger partial charge >= 0.3 is 0 Å². The van der Waals surface area contributed by atoms with Crippen LogP contribution in [0.15, 0.2) is 192 Å². The van der Waals surface area contributed by atoms with Crippen LogP contribution >= 0.6 is 0 Å². The summed E-state index contributed by atoms with van der Waals surface area (Å²) < 4.78 is 13.1. The lowest BCUT2D eigenvalue weighted by molar-refractivity contribution is 0.425. The van der Waals surface area contributed by atoms with E-state index in [4.69, 9.17) is 24.1 Å². The van der Waals surface area contributed by atoms with Gasteiger partial charge < -0.3 is 9.15 Å². The maximum atomic E-state index is 6.66. The summed E-state index contributed by atoms with van der Waals surface area (Å²) in [4.78, 5) is 15.8. The SMILES string of the molecule is CC1(C)c2ccccc2C2(c3ccccc3Oc3ccccc32)c2cccc(-c3nc(-c4ccccc4)nc(-c4ccc(-c5cccc6c5oc5ccccc56)cc4)n3)c21. The number of hydrogen-bond donors (Lipinski definition) is 0. The van der Waals surface area contributed by atoms with Crippen molar-refractivity contribution in [3.05, 3.63) is 221 Å². The molecule has 0 saturated heterocycles. The minimum Gasteiger partial charge on any atom is -0.457 e. The van der Waals surface area contributed by atoms with E-state index in [1.807, 2.05) is 30.3 Å². The Kier molecular flexibility index (Phi) is 7.42. The van der Waals surface area contributed by atoms with Crippen LogP contribution in [-0.2, 0) is 10.8 Å². The summed E-state index contributed by atoms with van der Waals surface area (Å²) in [6, 6.07) is 65.8. The predicted octanol–water partition coefficient (Wildman–Crippen LogP) is 13.6. The molecule has 2 aromatic heterocycles. The normalized spacial score (nSPS) is 14.2. The van der Waals surface area contributed by atoms with Crippen LogP contribution in [0.4, 0.5) is 0 Å². The standard InChI is InChI=1S/C55H37N3O2/c1-54(2)41-22-7-8-23-42(41)55(43-24-9-12-28-47(43)59-48-29-13-10-25-44(48)55)45-26-15-21-40(49(45)54)53-57-51(35-16-4-3-5-17-35)56-52(58-53)36-32-30-34(31-33-36)37-19-14-20-39-38-18-6-11-27-46(38)60-50(37)39/h3-33H,1-2H3. The smallest absolute Gasteiger partial charge is 0.164 e. The molecule has 8 aromatic carbocycles. The summed E-state index contributed by atoms with van der Waals surface area (Å²) in [5.41, 5.74) is 12.7. The fourth-order valence-corrected chi connectivity index (χ4v) is 10.0. The number of nitrogens with zero attached hydrogens (tertiary/aromatic N) is 3. The van der Waals surface area contributed by atoms with Crippen molar-refractivity contribution in [3.63, 3.8) is 0 Å². The highest BCUT2D eigenvalue weighted by molar-refractivity contribution is 6.09. The third-order valence-corrected chi connectivity index (χ3v) is 12.7. The molecule has 5 nitrogen and oxygen atoms in total. The zero-order chi connectivity index (χ0) is 40.0. The van der Waals surface area contributed by atoms with E-state index in [0.717, 1.165) is 72.4 Å². The lowest BCUT2D eigenvalue weighted by Gasteiger charge is -2.50. The number of furan rings is 1. The van der Waals surface area contributed by atoms with Gasteiger partial charge in [0.1, 0.15) is 22.7 Å². The van der Waals surface area contributed by atoms with E-state index in [1.54, 1.807) is 0 Å². The molecule has 1 aliphatic carbocycles. The number of para-hydroxylation sites is 4. The van der Waals surface area contributed by atoms with Crippen LogP contribution in [0.3, 0.4) is 0 Å². The molecule has 0 fully saturated rings. The van der Waals surface area contributed by atoms with Crippen LogP contribution in [-0.4, -0.2) is 15.0 Å². The van der Waals surface area contributed by atoms with Crippen LogP contribution in [0.25, 0.3) is 67.2 Å². The molecule has 10 aromatic rings. The Morgan fingerprint density at radius 2 is 0.900 bits per heavy atom. The molecule has 3 heterocycles. The van der Waals surface area contributed by atoms with E-state index in [2.05, 4.69) is 172 Å². The van der Waals surface area contributed by atoms with Crippen molar-refractivity contribution >= 4 is 21.9 Å². The van der Waals surface area contributed by atoms with E-state index in [-0.39, 0.29) is 0 Å². The number of hydrogen-bond acceptors (Lipinski definition) is 5. The van der Waals surface area contributed by atoms with Crippen LogP contribution in [0.1, 0.15) is 47.2 Å². The average molecular weight is 772 g/mol.